The number of ether oxygens (including phenoxy) is 1. The molecule has 2 rings (SSSR count). The summed E-state index contributed by atoms with van der Waals surface area (Å²) in [6.45, 7) is 0. The van der Waals surface area contributed by atoms with E-state index in [4.69, 9.17) is 39.8 Å². The molecule has 0 aliphatic rings. The van der Waals surface area contributed by atoms with Gasteiger partial charge in [0.15, 0.2) is 0 Å². The highest BCUT2D eigenvalue weighted by molar-refractivity contribution is 6.34. The van der Waals surface area contributed by atoms with Crippen LogP contribution >= 0.6 is 23.2 Å². The van der Waals surface area contributed by atoms with Crippen molar-refractivity contribution in [1.29, 1.82) is 0 Å². The van der Waals surface area contributed by atoms with E-state index in [1.807, 2.05) is 0 Å². The van der Waals surface area contributed by atoms with Gasteiger partial charge in [0, 0.05) is 11.4 Å². The molecular formula is C15H14Cl2N2O4. The van der Waals surface area contributed by atoms with Gasteiger partial charge in [0.25, 0.3) is 0 Å². The first-order chi connectivity index (χ1) is 10.8. The van der Waals surface area contributed by atoms with Crippen LogP contribution in [0.2, 0.25) is 10.0 Å². The Morgan fingerprint density at radius 2 is 1.39 bits per heavy atom. The third-order valence-corrected chi connectivity index (χ3v) is 3.25. The van der Waals surface area contributed by atoms with Crippen LogP contribution in [-0.4, -0.2) is 24.2 Å². The minimum atomic E-state index is -1.05. The van der Waals surface area contributed by atoms with E-state index in [9.17, 15) is 9.59 Å². The summed E-state index contributed by atoms with van der Waals surface area (Å²) in [6.07, 6.45) is 0. The third-order valence-electron chi connectivity index (χ3n) is 2.62. The quantitative estimate of drug-likeness (QED) is 0.561. The highest BCUT2D eigenvalue weighted by Crippen LogP contribution is 2.19. The second-order valence-corrected chi connectivity index (χ2v) is 5.09. The van der Waals surface area contributed by atoms with Gasteiger partial charge in [-0.25, -0.2) is 9.59 Å². The molecule has 0 aliphatic carbocycles. The molecule has 122 valence electrons. The number of carboxylic acids is 1. The van der Waals surface area contributed by atoms with Crippen LogP contribution in [0.5, 0.6) is 0 Å². The second kappa shape index (κ2) is 8.26. The Hall–Kier alpha value is -2.44. The molecule has 0 radical (unpaired) electrons. The fourth-order valence-corrected chi connectivity index (χ4v) is 2.05. The van der Waals surface area contributed by atoms with Gasteiger partial charge in [-0.05, 0) is 36.4 Å². The van der Waals surface area contributed by atoms with Gasteiger partial charge in [-0.3, -0.25) is 0 Å². The van der Waals surface area contributed by atoms with Gasteiger partial charge >= 0.3 is 11.9 Å². The molecule has 0 spiro atoms. The van der Waals surface area contributed by atoms with E-state index in [-0.39, 0.29) is 10.6 Å². The smallest absolute Gasteiger partial charge is 0.339 e. The Morgan fingerprint density at radius 3 is 1.74 bits per heavy atom. The first-order valence-electron chi connectivity index (χ1n) is 6.18. The molecule has 0 bridgehead atoms. The van der Waals surface area contributed by atoms with E-state index in [1.54, 1.807) is 6.07 Å². The van der Waals surface area contributed by atoms with Crippen molar-refractivity contribution in [2.45, 2.75) is 0 Å². The minimum Gasteiger partial charge on any atom is -0.478 e. The molecule has 0 atom stereocenters. The lowest BCUT2D eigenvalue weighted by molar-refractivity contribution is 0.0600. The van der Waals surface area contributed by atoms with E-state index in [0.29, 0.717) is 22.0 Å². The van der Waals surface area contributed by atoms with Crippen molar-refractivity contribution in [2.24, 2.45) is 0 Å². The lowest BCUT2D eigenvalue weighted by Crippen LogP contribution is -2.02. The number of nitrogens with two attached hydrogens (primary N) is 2. The number of hydrogen-bond acceptors (Lipinski definition) is 5. The van der Waals surface area contributed by atoms with Gasteiger partial charge in [-0.15, -0.1) is 0 Å². The third kappa shape index (κ3) is 5.36. The van der Waals surface area contributed by atoms with E-state index >= 15 is 0 Å². The van der Waals surface area contributed by atoms with Gasteiger partial charge in [-0.2, -0.15) is 0 Å². The molecule has 6 nitrogen and oxygen atoms in total. The molecule has 5 N–H and O–H groups in total. The second-order valence-electron chi connectivity index (χ2n) is 4.28. The summed E-state index contributed by atoms with van der Waals surface area (Å²) in [5, 5.41) is 9.00. The molecule has 0 saturated heterocycles. The predicted octanol–water partition coefficient (Wildman–Crippen LogP) is 3.33. The van der Waals surface area contributed by atoms with Crippen LogP contribution in [0.4, 0.5) is 11.4 Å². The molecule has 0 unspecified atom stereocenters. The first-order valence-corrected chi connectivity index (χ1v) is 6.93. The van der Waals surface area contributed by atoms with Crippen LogP contribution in [0.3, 0.4) is 0 Å². The number of hydrogen-bond donors (Lipinski definition) is 3. The summed E-state index contributed by atoms with van der Waals surface area (Å²) in [6, 6.07) is 8.91. The van der Waals surface area contributed by atoms with Crippen LogP contribution < -0.4 is 11.5 Å². The lowest BCUT2D eigenvalue weighted by Gasteiger charge is -2.01. The molecule has 0 saturated carbocycles. The summed E-state index contributed by atoms with van der Waals surface area (Å²) in [5.74, 6) is -1.50. The zero-order valence-electron chi connectivity index (χ0n) is 12.0. The monoisotopic (exact) mass is 356 g/mol. The molecule has 2 aromatic carbocycles. The fourth-order valence-electron chi connectivity index (χ4n) is 1.51. The van der Waals surface area contributed by atoms with Crippen molar-refractivity contribution in [3.8, 4) is 0 Å². The zero-order chi connectivity index (χ0) is 17.6. The summed E-state index contributed by atoms with van der Waals surface area (Å²) >= 11 is 11.3. The summed E-state index contributed by atoms with van der Waals surface area (Å²) in [5.41, 5.74) is 12.2. The maximum absolute atomic E-state index is 11.0. The molecule has 8 heteroatoms. The number of anilines is 2. The van der Waals surface area contributed by atoms with E-state index in [0.717, 1.165) is 0 Å². The number of carbonyl (C=O) groups excluding carboxylic acids is 1. The summed E-state index contributed by atoms with van der Waals surface area (Å²) in [7, 11) is 1.30. The van der Waals surface area contributed by atoms with Crippen molar-refractivity contribution in [2.75, 3.05) is 18.6 Å². The Labute approximate surface area is 142 Å². The van der Waals surface area contributed by atoms with Crippen LogP contribution in [-0.2, 0) is 4.74 Å². The number of esters is 1. The Kier molecular flexibility index (Phi) is 6.68. The maximum Gasteiger partial charge on any atom is 0.339 e. The number of methoxy groups -OCH3 is 1. The molecule has 0 amide bonds. The standard InChI is InChI=1S/C8H8ClNO2.C7H6ClNO2/c1-12-8(11)6-3-2-5(10)4-7(6)9;8-6-3-4(9)1-2-5(6)7(10)11/h2-4H,10H2,1H3;1-3H,9H2,(H,10,11). The van der Waals surface area contributed by atoms with E-state index < -0.39 is 11.9 Å². The van der Waals surface area contributed by atoms with Gasteiger partial charge < -0.3 is 21.3 Å². The normalized spacial score (nSPS) is 9.52. The molecule has 0 heterocycles. The van der Waals surface area contributed by atoms with Crippen LogP contribution in [0.25, 0.3) is 0 Å². The summed E-state index contributed by atoms with van der Waals surface area (Å²) in [4.78, 5) is 21.4. The van der Waals surface area contributed by atoms with E-state index in [2.05, 4.69) is 4.74 Å². The average Bonchev–Trinajstić information content (AvgIpc) is 2.46. The number of benzene rings is 2. The van der Waals surface area contributed by atoms with Crippen molar-refractivity contribution >= 4 is 46.5 Å². The average molecular weight is 357 g/mol. The Bertz CT molecular complexity index is 735. The molecule has 0 fully saturated rings. The van der Waals surface area contributed by atoms with Gasteiger partial charge in [0.05, 0.1) is 28.3 Å². The largest absolute Gasteiger partial charge is 0.478 e. The highest BCUT2D eigenvalue weighted by atomic mass is 35.5. The Balaban J connectivity index is 0.000000231. The van der Waals surface area contributed by atoms with E-state index in [1.165, 1.54) is 37.4 Å². The van der Waals surface area contributed by atoms with Gasteiger partial charge in [-0.1, -0.05) is 23.2 Å². The lowest BCUT2D eigenvalue weighted by atomic mass is 10.2. The fraction of sp³-hybridized carbons (Fsp3) is 0.0667. The topological polar surface area (TPSA) is 116 Å². The molecule has 23 heavy (non-hydrogen) atoms. The SMILES string of the molecule is COC(=O)c1ccc(N)cc1Cl.Nc1ccc(C(=O)O)c(Cl)c1. The van der Waals surface area contributed by atoms with Crippen LogP contribution in [0, 0.1) is 0 Å². The number of rotatable bonds is 2. The number of carboxylic acid groups (broad SMARTS) is 1. The molecule has 0 aromatic heterocycles. The number of halogens is 2. The van der Waals surface area contributed by atoms with Gasteiger partial charge in [0.2, 0.25) is 0 Å². The maximum atomic E-state index is 11.0. The zero-order valence-corrected chi connectivity index (χ0v) is 13.6. The van der Waals surface area contributed by atoms with Crippen molar-refractivity contribution in [1.82, 2.24) is 0 Å². The van der Waals surface area contributed by atoms with Crippen LogP contribution in [0.15, 0.2) is 36.4 Å². The number of aromatic carboxylic acids is 1. The number of carbonyl (C=O) groups is 2. The van der Waals surface area contributed by atoms with Crippen LogP contribution in [0.1, 0.15) is 20.7 Å². The van der Waals surface area contributed by atoms with Gasteiger partial charge in [0.1, 0.15) is 0 Å². The highest BCUT2D eigenvalue weighted by Gasteiger charge is 2.09. The van der Waals surface area contributed by atoms with Crippen molar-refractivity contribution in [3.63, 3.8) is 0 Å². The molecule has 0 aliphatic heterocycles. The Morgan fingerprint density at radius 1 is 0.957 bits per heavy atom. The number of nitrogen functional groups attached to an aromatic ring is 2. The first kappa shape index (κ1) is 18.6. The van der Waals surface area contributed by atoms with Crippen molar-refractivity contribution < 1.29 is 19.4 Å². The molecule has 2 aromatic rings. The van der Waals surface area contributed by atoms with Crippen molar-refractivity contribution in [3.05, 3.63) is 57.6 Å². The minimum absolute atomic E-state index is 0.0702. The summed E-state index contributed by atoms with van der Waals surface area (Å²) < 4.78 is 4.49. The molecular weight excluding hydrogens is 343 g/mol. The predicted molar refractivity (Wildman–Crippen MR) is 90.0 cm³/mol.